The molecule has 4 rings (SSSR count). The fraction of sp³-hybridized carbons (Fsp3) is 0.250. The molecule has 0 saturated carbocycles. The maximum atomic E-state index is 12.4. The van der Waals surface area contributed by atoms with Gasteiger partial charge in [-0.3, -0.25) is 14.5 Å². The van der Waals surface area contributed by atoms with Crippen molar-refractivity contribution in [1.29, 1.82) is 0 Å². The molecular weight excluding hydrogens is 378 g/mol. The van der Waals surface area contributed by atoms with E-state index in [9.17, 15) is 9.59 Å². The van der Waals surface area contributed by atoms with Crippen LogP contribution in [0.2, 0.25) is 0 Å². The fourth-order valence-corrected chi connectivity index (χ4v) is 3.54. The molecule has 2 aromatic carbocycles. The number of hydrogen-bond acceptors (Lipinski definition) is 4. The van der Waals surface area contributed by atoms with Crippen LogP contribution in [0, 0.1) is 0 Å². The van der Waals surface area contributed by atoms with Crippen LogP contribution in [0.25, 0.3) is 12.2 Å². The van der Waals surface area contributed by atoms with E-state index in [2.05, 4.69) is 14.9 Å². The predicted molar refractivity (Wildman–Crippen MR) is 118 cm³/mol. The van der Waals surface area contributed by atoms with E-state index in [1.165, 1.54) is 12.8 Å². The quantitative estimate of drug-likeness (QED) is 0.648. The van der Waals surface area contributed by atoms with Gasteiger partial charge in [-0.15, -0.1) is 0 Å². The molecule has 1 saturated heterocycles. The second-order valence-electron chi connectivity index (χ2n) is 7.40. The summed E-state index contributed by atoms with van der Waals surface area (Å²) >= 11 is 0. The molecule has 1 aliphatic heterocycles. The van der Waals surface area contributed by atoms with Crippen LogP contribution in [0.1, 0.15) is 24.0 Å². The molecule has 0 aliphatic carbocycles. The van der Waals surface area contributed by atoms with Gasteiger partial charge in [0, 0.05) is 6.54 Å². The van der Waals surface area contributed by atoms with E-state index >= 15 is 0 Å². The van der Waals surface area contributed by atoms with Gasteiger partial charge in [0.15, 0.2) is 0 Å². The lowest BCUT2D eigenvalue weighted by molar-refractivity contribution is 0.238. The van der Waals surface area contributed by atoms with Gasteiger partial charge in [0.1, 0.15) is 23.1 Å². The van der Waals surface area contributed by atoms with Crippen LogP contribution < -0.4 is 26.6 Å². The first-order chi connectivity index (χ1) is 14.7. The molecule has 0 spiro atoms. The molecule has 1 fully saturated rings. The van der Waals surface area contributed by atoms with Crippen LogP contribution >= 0.6 is 0 Å². The molecule has 2 N–H and O–H groups in total. The van der Waals surface area contributed by atoms with Crippen molar-refractivity contribution >= 4 is 12.2 Å². The molecule has 6 nitrogen and oxygen atoms in total. The summed E-state index contributed by atoms with van der Waals surface area (Å²) in [7, 11) is 0. The van der Waals surface area contributed by atoms with Crippen LogP contribution in [0.4, 0.5) is 0 Å². The molecule has 0 amide bonds. The molecule has 30 heavy (non-hydrogen) atoms. The van der Waals surface area contributed by atoms with Crippen LogP contribution in [0.5, 0.6) is 5.75 Å². The highest BCUT2D eigenvalue weighted by molar-refractivity contribution is 5.50. The summed E-state index contributed by atoms with van der Waals surface area (Å²) in [4.78, 5) is 32.5. The minimum atomic E-state index is -0.345. The van der Waals surface area contributed by atoms with Crippen molar-refractivity contribution in [2.75, 3.05) is 26.2 Å². The Hall–Kier alpha value is -3.38. The highest BCUT2D eigenvalue weighted by Crippen LogP contribution is 2.13. The molecule has 154 valence electrons. The lowest BCUT2D eigenvalue weighted by Crippen LogP contribution is -2.46. The van der Waals surface area contributed by atoms with Crippen molar-refractivity contribution in [2.45, 2.75) is 12.8 Å². The lowest BCUT2D eigenvalue weighted by atomic mass is 10.2. The predicted octanol–water partition coefficient (Wildman–Crippen LogP) is 1.20. The summed E-state index contributed by atoms with van der Waals surface area (Å²) in [5.41, 5.74) is 0.966. The minimum absolute atomic E-state index is 0.216. The highest BCUT2D eigenvalue weighted by atomic mass is 16.5. The lowest BCUT2D eigenvalue weighted by Gasteiger charge is -2.14. The fourth-order valence-electron chi connectivity index (χ4n) is 3.54. The van der Waals surface area contributed by atoms with Crippen molar-refractivity contribution in [1.82, 2.24) is 14.9 Å². The maximum absolute atomic E-state index is 12.4. The van der Waals surface area contributed by atoms with Gasteiger partial charge in [0.2, 0.25) is 0 Å². The molecule has 0 atom stereocenters. The van der Waals surface area contributed by atoms with Gasteiger partial charge in [0.05, 0.1) is 0 Å². The largest absolute Gasteiger partial charge is 0.492 e. The smallest absolute Gasteiger partial charge is 0.272 e. The third kappa shape index (κ3) is 5.15. The number of rotatable bonds is 6. The van der Waals surface area contributed by atoms with Crippen LogP contribution in [-0.2, 0) is 0 Å². The van der Waals surface area contributed by atoms with E-state index in [4.69, 9.17) is 4.74 Å². The molecule has 0 bridgehead atoms. The Balaban J connectivity index is 1.49. The van der Waals surface area contributed by atoms with Gasteiger partial charge in [-0.25, -0.2) is 0 Å². The summed E-state index contributed by atoms with van der Waals surface area (Å²) < 4.78 is 5.80. The SMILES string of the molecule is O=c1[nH]c(=Cc2ccc(OCCN3CCCC3)cc2)c(=O)[nH]c1=Cc1ccccc1. The number of aromatic amines is 2. The first-order valence-corrected chi connectivity index (χ1v) is 10.2. The number of nitrogens with one attached hydrogen (secondary N) is 2. The molecule has 2 heterocycles. The maximum Gasteiger partial charge on any atom is 0.272 e. The molecule has 3 aromatic rings. The van der Waals surface area contributed by atoms with Crippen molar-refractivity contribution < 1.29 is 4.74 Å². The number of H-pyrrole nitrogens is 2. The number of nitrogens with zero attached hydrogens (tertiary/aromatic N) is 1. The van der Waals surface area contributed by atoms with Gasteiger partial charge in [-0.1, -0.05) is 42.5 Å². The summed E-state index contributed by atoms with van der Waals surface area (Å²) in [5.74, 6) is 0.793. The average Bonchev–Trinajstić information content (AvgIpc) is 3.27. The average molecular weight is 403 g/mol. The zero-order chi connectivity index (χ0) is 20.8. The number of likely N-dealkylation sites (tertiary alicyclic amines) is 1. The molecule has 1 aliphatic rings. The van der Waals surface area contributed by atoms with E-state index in [1.807, 2.05) is 54.6 Å². The van der Waals surface area contributed by atoms with Gasteiger partial charge in [-0.2, -0.15) is 0 Å². The Morgan fingerprint density at radius 3 is 1.97 bits per heavy atom. The Morgan fingerprint density at radius 1 is 0.800 bits per heavy atom. The van der Waals surface area contributed by atoms with Crippen LogP contribution in [0.15, 0.2) is 64.2 Å². The van der Waals surface area contributed by atoms with E-state index in [-0.39, 0.29) is 21.8 Å². The number of ether oxygens (including phenoxy) is 1. The number of benzene rings is 2. The van der Waals surface area contributed by atoms with Crippen molar-refractivity contribution in [3.63, 3.8) is 0 Å². The Labute approximate surface area is 174 Å². The highest BCUT2D eigenvalue weighted by Gasteiger charge is 2.10. The van der Waals surface area contributed by atoms with Gasteiger partial charge >= 0.3 is 0 Å². The zero-order valence-corrected chi connectivity index (χ0v) is 16.8. The first kappa shape index (κ1) is 19.9. The Kier molecular flexibility index (Phi) is 6.25. The van der Waals surface area contributed by atoms with Crippen LogP contribution in [-0.4, -0.2) is 41.1 Å². The van der Waals surface area contributed by atoms with Crippen LogP contribution in [0.3, 0.4) is 0 Å². The van der Waals surface area contributed by atoms with Crippen molar-refractivity contribution in [3.05, 3.63) is 97.1 Å². The molecule has 0 radical (unpaired) electrons. The topological polar surface area (TPSA) is 78.2 Å². The van der Waals surface area contributed by atoms with Gasteiger partial charge < -0.3 is 14.7 Å². The first-order valence-electron chi connectivity index (χ1n) is 10.2. The summed E-state index contributed by atoms with van der Waals surface area (Å²) in [5, 5.41) is 0.443. The summed E-state index contributed by atoms with van der Waals surface area (Å²) in [6.07, 6.45) is 5.85. The van der Waals surface area contributed by atoms with Gasteiger partial charge in [-0.05, 0) is 61.3 Å². The normalized spacial score (nSPS) is 15.6. The Bertz CT molecular complexity index is 1210. The van der Waals surface area contributed by atoms with Crippen molar-refractivity contribution in [3.8, 4) is 5.75 Å². The second kappa shape index (κ2) is 9.41. The van der Waals surface area contributed by atoms with E-state index in [0.717, 1.165) is 36.5 Å². The molecule has 6 heteroatoms. The third-order valence-corrected chi connectivity index (χ3v) is 5.16. The molecule has 1 aromatic heterocycles. The molecule has 0 unspecified atom stereocenters. The third-order valence-electron chi connectivity index (χ3n) is 5.16. The van der Waals surface area contributed by atoms with E-state index < -0.39 is 0 Å². The Morgan fingerprint density at radius 2 is 1.37 bits per heavy atom. The minimum Gasteiger partial charge on any atom is -0.492 e. The number of hydrogen-bond donors (Lipinski definition) is 2. The zero-order valence-electron chi connectivity index (χ0n) is 16.8. The standard InChI is InChI=1S/C24H25N3O3/c28-23-21(16-18-6-2-1-3-7-18)25-24(29)22(26-23)17-19-8-10-20(11-9-19)30-15-14-27-12-4-5-13-27/h1-3,6-11,16-17H,4-5,12-15H2,(H,25,29)(H,26,28). The van der Waals surface area contributed by atoms with E-state index in [1.54, 1.807) is 12.2 Å². The van der Waals surface area contributed by atoms with Crippen molar-refractivity contribution in [2.24, 2.45) is 0 Å². The second-order valence-corrected chi connectivity index (χ2v) is 7.40. The summed E-state index contributed by atoms with van der Waals surface area (Å²) in [6.45, 7) is 3.92. The molecular formula is C24H25N3O3. The number of aromatic nitrogens is 2. The summed E-state index contributed by atoms with van der Waals surface area (Å²) in [6, 6.07) is 16.9. The van der Waals surface area contributed by atoms with Gasteiger partial charge in [0.25, 0.3) is 11.1 Å². The monoisotopic (exact) mass is 403 g/mol. The van der Waals surface area contributed by atoms with E-state index in [0.29, 0.717) is 6.61 Å².